The molecule has 0 amide bonds. The van der Waals surface area contributed by atoms with Gasteiger partial charge in [-0.1, -0.05) is 15.9 Å². The third-order valence-corrected chi connectivity index (χ3v) is 3.31. The van der Waals surface area contributed by atoms with Gasteiger partial charge in [0.15, 0.2) is 5.96 Å². The molecular formula is C15H24BrN3O2. The van der Waals surface area contributed by atoms with Gasteiger partial charge in [-0.3, -0.25) is 0 Å². The Morgan fingerprint density at radius 1 is 1.29 bits per heavy atom. The minimum atomic E-state index is 0.558. The summed E-state index contributed by atoms with van der Waals surface area (Å²) in [4.78, 5) is 4.58. The maximum absolute atomic E-state index is 5.36. The Morgan fingerprint density at radius 2 is 2.10 bits per heavy atom. The molecule has 0 unspecified atom stereocenters. The maximum Gasteiger partial charge on any atom is 0.191 e. The number of benzene rings is 1. The van der Waals surface area contributed by atoms with Crippen molar-refractivity contribution in [2.75, 3.05) is 33.9 Å². The topological polar surface area (TPSA) is 54.9 Å². The van der Waals surface area contributed by atoms with E-state index < -0.39 is 0 Å². The molecule has 0 saturated carbocycles. The van der Waals surface area contributed by atoms with Gasteiger partial charge in [0.2, 0.25) is 0 Å². The summed E-state index contributed by atoms with van der Waals surface area (Å²) in [7, 11) is 3.38. The van der Waals surface area contributed by atoms with E-state index in [9.17, 15) is 0 Å². The average molecular weight is 358 g/mol. The van der Waals surface area contributed by atoms with Gasteiger partial charge >= 0.3 is 0 Å². The van der Waals surface area contributed by atoms with Crippen molar-refractivity contribution < 1.29 is 9.47 Å². The molecule has 1 aromatic rings. The molecule has 6 heteroatoms. The number of guanidine groups is 1. The molecule has 0 aliphatic heterocycles. The summed E-state index contributed by atoms with van der Waals surface area (Å²) < 4.78 is 11.4. The first-order valence-electron chi connectivity index (χ1n) is 7.04. The number of hydrogen-bond acceptors (Lipinski definition) is 3. The van der Waals surface area contributed by atoms with Gasteiger partial charge in [0.05, 0.1) is 13.7 Å². The van der Waals surface area contributed by atoms with Crippen LogP contribution in [0.15, 0.2) is 27.7 Å². The number of nitrogens with zero attached hydrogens (tertiary/aromatic N) is 1. The fourth-order valence-corrected chi connectivity index (χ4v) is 2.21. The van der Waals surface area contributed by atoms with E-state index >= 15 is 0 Å². The lowest BCUT2D eigenvalue weighted by atomic mass is 10.2. The van der Waals surface area contributed by atoms with Crippen LogP contribution in [0.4, 0.5) is 0 Å². The number of aliphatic imine (C=N–C) groups is 1. The Labute approximate surface area is 135 Å². The van der Waals surface area contributed by atoms with E-state index in [4.69, 9.17) is 9.47 Å². The van der Waals surface area contributed by atoms with Crippen LogP contribution in [0.5, 0.6) is 5.75 Å². The van der Waals surface area contributed by atoms with Crippen LogP contribution in [0.2, 0.25) is 0 Å². The number of methoxy groups -OCH3 is 2. The first-order chi connectivity index (χ1) is 10.2. The molecule has 0 radical (unpaired) electrons. The fourth-order valence-electron chi connectivity index (χ4n) is 1.80. The first kappa shape index (κ1) is 17.8. The molecule has 0 atom stereocenters. The van der Waals surface area contributed by atoms with E-state index in [0.717, 1.165) is 47.9 Å². The fraction of sp³-hybridized carbons (Fsp3) is 0.533. The lowest BCUT2D eigenvalue weighted by Gasteiger charge is -2.12. The number of rotatable bonds is 8. The third kappa shape index (κ3) is 6.82. The molecule has 0 aliphatic rings. The number of halogens is 1. The van der Waals surface area contributed by atoms with E-state index in [0.29, 0.717) is 6.54 Å². The SMILES string of the molecule is CCNC(=NCc1cc(Br)ccc1OC)NCCCOC. The second-order valence-corrected chi connectivity index (χ2v) is 5.34. The zero-order valence-electron chi connectivity index (χ0n) is 12.9. The highest BCUT2D eigenvalue weighted by Gasteiger charge is 2.04. The molecule has 0 saturated heterocycles. The predicted octanol–water partition coefficient (Wildman–Crippen LogP) is 2.55. The highest BCUT2D eigenvalue weighted by molar-refractivity contribution is 9.10. The molecule has 5 nitrogen and oxygen atoms in total. The van der Waals surface area contributed by atoms with Gasteiger partial charge in [0.25, 0.3) is 0 Å². The second kappa shape index (κ2) is 10.5. The van der Waals surface area contributed by atoms with Crippen molar-refractivity contribution in [3.8, 4) is 5.75 Å². The van der Waals surface area contributed by atoms with Gasteiger partial charge in [-0.25, -0.2) is 4.99 Å². The quantitative estimate of drug-likeness (QED) is 0.426. The largest absolute Gasteiger partial charge is 0.496 e. The Morgan fingerprint density at radius 3 is 2.76 bits per heavy atom. The van der Waals surface area contributed by atoms with Crippen molar-refractivity contribution in [2.24, 2.45) is 4.99 Å². The Bertz CT molecular complexity index is 453. The zero-order chi connectivity index (χ0) is 15.5. The van der Waals surface area contributed by atoms with Crippen molar-refractivity contribution in [3.63, 3.8) is 0 Å². The number of ether oxygens (including phenoxy) is 2. The van der Waals surface area contributed by atoms with Crippen molar-refractivity contribution in [1.29, 1.82) is 0 Å². The zero-order valence-corrected chi connectivity index (χ0v) is 14.5. The van der Waals surface area contributed by atoms with E-state index in [1.165, 1.54) is 0 Å². The van der Waals surface area contributed by atoms with Crippen molar-refractivity contribution in [3.05, 3.63) is 28.2 Å². The summed E-state index contributed by atoms with van der Waals surface area (Å²) in [5.74, 6) is 1.65. The van der Waals surface area contributed by atoms with Crippen LogP contribution in [0.3, 0.4) is 0 Å². The highest BCUT2D eigenvalue weighted by atomic mass is 79.9. The van der Waals surface area contributed by atoms with Crippen LogP contribution < -0.4 is 15.4 Å². The number of hydrogen-bond donors (Lipinski definition) is 2. The molecule has 0 bridgehead atoms. The van der Waals surface area contributed by atoms with Gasteiger partial charge in [-0.05, 0) is 31.5 Å². The predicted molar refractivity (Wildman–Crippen MR) is 90.0 cm³/mol. The van der Waals surface area contributed by atoms with Crippen LogP contribution in [0, 0.1) is 0 Å². The van der Waals surface area contributed by atoms with Crippen molar-refractivity contribution in [1.82, 2.24) is 10.6 Å². The minimum absolute atomic E-state index is 0.558. The van der Waals surface area contributed by atoms with Crippen molar-refractivity contribution in [2.45, 2.75) is 19.9 Å². The van der Waals surface area contributed by atoms with Crippen LogP contribution in [0.1, 0.15) is 18.9 Å². The first-order valence-corrected chi connectivity index (χ1v) is 7.84. The van der Waals surface area contributed by atoms with Crippen LogP contribution in [-0.2, 0) is 11.3 Å². The van der Waals surface area contributed by atoms with E-state index in [1.807, 2.05) is 25.1 Å². The molecule has 0 aromatic heterocycles. The van der Waals surface area contributed by atoms with Gasteiger partial charge in [-0.15, -0.1) is 0 Å². The van der Waals surface area contributed by atoms with E-state index in [1.54, 1.807) is 14.2 Å². The molecule has 0 heterocycles. The molecular weight excluding hydrogens is 334 g/mol. The standard InChI is InChI=1S/C15H24BrN3O2/c1-4-17-15(18-8-5-9-20-2)19-11-12-10-13(16)6-7-14(12)21-3/h6-7,10H,4-5,8-9,11H2,1-3H3,(H2,17,18,19). The summed E-state index contributed by atoms with van der Waals surface area (Å²) in [6, 6.07) is 5.92. The summed E-state index contributed by atoms with van der Waals surface area (Å²) in [5, 5.41) is 6.51. The van der Waals surface area contributed by atoms with Crippen LogP contribution >= 0.6 is 15.9 Å². The molecule has 0 aliphatic carbocycles. The molecule has 0 fully saturated rings. The van der Waals surface area contributed by atoms with Gasteiger partial charge in [-0.2, -0.15) is 0 Å². The highest BCUT2D eigenvalue weighted by Crippen LogP contribution is 2.23. The molecule has 2 N–H and O–H groups in total. The average Bonchev–Trinajstić information content (AvgIpc) is 2.49. The van der Waals surface area contributed by atoms with Crippen molar-refractivity contribution >= 4 is 21.9 Å². The normalized spacial score (nSPS) is 11.3. The monoisotopic (exact) mass is 357 g/mol. The Kier molecular flexibility index (Phi) is 8.85. The third-order valence-electron chi connectivity index (χ3n) is 2.81. The van der Waals surface area contributed by atoms with Gasteiger partial charge in [0.1, 0.15) is 5.75 Å². The Balaban J connectivity index is 2.66. The van der Waals surface area contributed by atoms with E-state index in [-0.39, 0.29) is 0 Å². The van der Waals surface area contributed by atoms with Gasteiger partial charge < -0.3 is 20.1 Å². The van der Waals surface area contributed by atoms with Gasteiger partial charge in [0, 0.05) is 36.8 Å². The summed E-state index contributed by atoms with van der Waals surface area (Å²) in [6.07, 6.45) is 0.946. The number of nitrogens with one attached hydrogen (secondary N) is 2. The molecule has 1 aromatic carbocycles. The molecule has 0 spiro atoms. The molecule has 1 rings (SSSR count). The summed E-state index contributed by atoms with van der Waals surface area (Å²) >= 11 is 3.47. The maximum atomic E-state index is 5.36. The Hall–Kier alpha value is -1.27. The second-order valence-electron chi connectivity index (χ2n) is 4.42. The van der Waals surface area contributed by atoms with Crippen LogP contribution in [0.25, 0.3) is 0 Å². The molecule has 118 valence electrons. The van der Waals surface area contributed by atoms with Crippen LogP contribution in [-0.4, -0.2) is 39.9 Å². The smallest absolute Gasteiger partial charge is 0.191 e. The molecule has 21 heavy (non-hydrogen) atoms. The lowest BCUT2D eigenvalue weighted by Crippen LogP contribution is -2.38. The lowest BCUT2D eigenvalue weighted by molar-refractivity contribution is 0.195. The minimum Gasteiger partial charge on any atom is -0.496 e. The summed E-state index contributed by atoms with van der Waals surface area (Å²) in [6.45, 7) is 5.00. The van der Waals surface area contributed by atoms with E-state index in [2.05, 4.69) is 31.6 Å². The summed E-state index contributed by atoms with van der Waals surface area (Å²) in [5.41, 5.74) is 1.04.